The van der Waals surface area contributed by atoms with Gasteiger partial charge in [0.15, 0.2) is 0 Å². The fourth-order valence-corrected chi connectivity index (χ4v) is 4.40. The van der Waals surface area contributed by atoms with Gasteiger partial charge in [-0.3, -0.25) is 0 Å². The lowest BCUT2D eigenvalue weighted by Gasteiger charge is -2.57. The quantitative estimate of drug-likeness (QED) is 0.585. The third-order valence-electron chi connectivity index (χ3n) is 5.86. The van der Waals surface area contributed by atoms with Gasteiger partial charge in [0.25, 0.3) is 0 Å². The summed E-state index contributed by atoms with van der Waals surface area (Å²) in [7, 11) is 0. The predicted molar refractivity (Wildman–Crippen MR) is 83.0 cm³/mol. The molecule has 1 atom stereocenters. The molecule has 2 aliphatic rings. The molecule has 0 N–H and O–H groups in total. The number of furan rings is 1. The summed E-state index contributed by atoms with van der Waals surface area (Å²) in [5.41, 5.74) is 3.69. The molecule has 2 heteroatoms. The van der Waals surface area contributed by atoms with E-state index in [9.17, 15) is 0 Å². The van der Waals surface area contributed by atoms with Crippen LogP contribution in [-0.2, 0) is 6.42 Å². The summed E-state index contributed by atoms with van der Waals surface area (Å²) in [5.74, 6) is 1.14. The van der Waals surface area contributed by atoms with Gasteiger partial charge in [-0.05, 0) is 45.7 Å². The number of hydrogen-bond donors (Lipinski definition) is 0. The fourth-order valence-electron chi connectivity index (χ4n) is 3.97. The smallest absolute Gasteiger partial charge is 0.113 e. The number of halogens is 1. The van der Waals surface area contributed by atoms with Crippen LogP contribution >= 0.6 is 15.9 Å². The van der Waals surface area contributed by atoms with Crippen LogP contribution in [0.25, 0.3) is 6.08 Å². The summed E-state index contributed by atoms with van der Waals surface area (Å²) >= 11 is 3.61. The van der Waals surface area contributed by atoms with Gasteiger partial charge < -0.3 is 4.42 Å². The summed E-state index contributed by atoms with van der Waals surface area (Å²) in [6, 6.07) is 0. The lowest BCUT2D eigenvalue weighted by atomic mass is 9.47. The molecule has 0 radical (unpaired) electrons. The van der Waals surface area contributed by atoms with Crippen molar-refractivity contribution >= 4 is 22.0 Å². The fraction of sp³-hybridized carbons (Fsp3) is 0.647. The standard InChI is InChI=1S/C17H23BrO/c1-15(2)6-7-16(3,4)17(5)9-13-11(8-14(15)17)12(18)10-19-13/h8,10H,6-7,9H2,1-5H3. The summed E-state index contributed by atoms with van der Waals surface area (Å²) in [6.07, 6.45) is 7.81. The van der Waals surface area contributed by atoms with E-state index < -0.39 is 0 Å². The highest BCUT2D eigenvalue weighted by atomic mass is 79.9. The third kappa shape index (κ3) is 1.72. The van der Waals surface area contributed by atoms with E-state index in [4.69, 9.17) is 4.42 Å². The van der Waals surface area contributed by atoms with Gasteiger partial charge in [0.1, 0.15) is 12.0 Å². The first-order valence-electron chi connectivity index (χ1n) is 7.16. The highest BCUT2D eigenvalue weighted by molar-refractivity contribution is 9.10. The van der Waals surface area contributed by atoms with Crippen LogP contribution in [0.2, 0.25) is 0 Å². The number of allylic oxidation sites excluding steroid dienone is 1. The van der Waals surface area contributed by atoms with Gasteiger partial charge in [-0.25, -0.2) is 0 Å². The van der Waals surface area contributed by atoms with E-state index in [1.807, 2.05) is 6.26 Å². The number of hydrogen-bond acceptors (Lipinski definition) is 1. The molecule has 0 aromatic carbocycles. The van der Waals surface area contributed by atoms with Crippen LogP contribution in [0.1, 0.15) is 58.8 Å². The Labute approximate surface area is 124 Å². The Balaban J connectivity index is 2.23. The minimum absolute atomic E-state index is 0.207. The highest BCUT2D eigenvalue weighted by Gasteiger charge is 2.54. The van der Waals surface area contributed by atoms with Gasteiger partial charge in [0.2, 0.25) is 0 Å². The zero-order valence-electron chi connectivity index (χ0n) is 12.6. The topological polar surface area (TPSA) is 13.1 Å². The molecule has 1 aromatic rings. The molecule has 1 saturated carbocycles. The normalized spacial score (nSPS) is 31.4. The molecular weight excluding hydrogens is 300 g/mol. The first kappa shape index (κ1) is 13.5. The summed E-state index contributed by atoms with van der Waals surface area (Å²) < 4.78 is 6.86. The van der Waals surface area contributed by atoms with Crippen molar-refractivity contribution in [1.82, 2.24) is 0 Å². The zero-order valence-corrected chi connectivity index (χ0v) is 14.1. The second-order valence-electron chi connectivity index (χ2n) is 7.76. The molecule has 1 heterocycles. The Kier molecular flexibility index (Phi) is 2.68. The van der Waals surface area contributed by atoms with Crippen molar-refractivity contribution in [2.75, 3.05) is 0 Å². The van der Waals surface area contributed by atoms with E-state index in [-0.39, 0.29) is 5.41 Å². The molecular formula is C17H23BrO. The van der Waals surface area contributed by atoms with Crippen LogP contribution in [0.3, 0.4) is 0 Å². The lowest BCUT2D eigenvalue weighted by molar-refractivity contribution is 0.0357. The van der Waals surface area contributed by atoms with Crippen molar-refractivity contribution in [3.8, 4) is 0 Å². The van der Waals surface area contributed by atoms with Crippen molar-refractivity contribution in [2.24, 2.45) is 16.2 Å². The van der Waals surface area contributed by atoms with Crippen LogP contribution in [0.15, 0.2) is 20.7 Å². The van der Waals surface area contributed by atoms with E-state index in [2.05, 4.69) is 56.6 Å². The average molecular weight is 323 g/mol. The van der Waals surface area contributed by atoms with Gasteiger partial charge in [0.05, 0.1) is 4.47 Å². The Morgan fingerprint density at radius 3 is 2.47 bits per heavy atom. The highest BCUT2D eigenvalue weighted by Crippen LogP contribution is 2.63. The largest absolute Gasteiger partial charge is 0.467 e. The average Bonchev–Trinajstić information content (AvgIpc) is 2.65. The summed E-state index contributed by atoms with van der Waals surface area (Å²) in [6.45, 7) is 12.0. The van der Waals surface area contributed by atoms with Crippen molar-refractivity contribution in [3.05, 3.63) is 27.6 Å². The van der Waals surface area contributed by atoms with Crippen molar-refractivity contribution in [1.29, 1.82) is 0 Å². The Morgan fingerprint density at radius 1 is 1.11 bits per heavy atom. The molecule has 1 nitrogen and oxygen atoms in total. The molecule has 1 fully saturated rings. The first-order valence-corrected chi connectivity index (χ1v) is 7.95. The molecule has 104 valence electrons. The lowest BCUT2D eigenvalue weighted by Crippen LogP contribution is -2.48. The number of rotatable bonds is 0. The third-order valence-corrected chi connectivity index (χ3v) is 6.47. The Morgan fingerprint density at radius 2 is 1.79 bits per heavy atom. The first-order chi connectivity index (χ1) is 8.67. The van der Waals surface area contributed by atoms with Gasteiger partial charge in [-0.15, -0.1) is 0 Å². The summed E-state index contributed by atoms with van der Waals surface area (Å²) in [5, 5.41) is 0. The van der Waals surface area contributed by atoms with Crippen molar-refractivity contribution < 1.29 is 4.42 Å². The van der Waals surface area contributed by atoms with E-state index in [0.717, 1.165) is 16.7 Å². The summed E-state index contributed by atoms with van der Waals surface area (Å²) in [4.78, 5) is 0. The monoisotopic (exact) mass is 322 g/mol. The number of fused-ring (bicyclic) bond motifs is 2. The maximum atomic E-state index is 5.77. The van der Waals surface area contributed by atoms with E-state index in [0.29, 0.717) is 10.8 Å². The minimum atomic E-state index is 0.207. The van der Waals surface area contributed by atoms with Gasteiger partial charge in [0, 0.05) is 17.4 Å². The Bertz CT molecular complexity index is 562. The second-order valence-corrected chi connectivity index (χ2v) is 8.61. The molecule has 0 saturated heterocycles. The van der Waals surface area contributed by atoms with E-state index in [1.54, 1.807) is 5.57 Å². The molecule has 0 bridgehead atoms. The predicted octanol–water partition coefficient (Wildman–Crippen LogP) is 5.83. The zero-order chi connectivity index (χ0) is 14.1. The van der Waals surface area contributed by atoms with Gasteiger partial charge >= 0.3 is 0 Å². The van der Waals surface area contributed by atoms with Gasteiger partial charge in [-0.1, -0.05) is 40.2 Å². The molecule has 3 rings (SSSR count). The molecule has 2 aliphatic carbocycles. The molecule has 19 heavy (non-hydrogen) atoms. The van der Waals surface area contributed by atoms with Crippen molar-refractivity contribution in [2.45, 2.75) is 53.9 Å². The van der Waals surface area contributed by atoms with Crippen LogP contribution in [-0.4, -0.2) is 0 Å². The maximum Gasteiger partial charge on any atom is 0.113 e. The van der Waals surface area contributed by atoms with Gasteiger partial charge in [-0.2, -0.15) is 0 Å². The molecule has 0 amide bonds. The molecule has 0 spiro atoms. The molecule has 1 aromatic heterocycles. The second kappa shape index (κ2) is 3.78. The van der Waals surface area contributed by atoms with Crippen LogP contribution in [0.4, 0.5) is 0 Å². The SMILES string of the molecule is CC1(C)CCC(C)(C)C2(C)Cc3occ(Br)c3C=C12. The maximum absolute atomic E-state index is 5.77. The van der Waals surface area contributed by atoms with E-state index >= 15 is 0 Å². The molecule has 1 unspecified atom stereocenters. The van der Waals surface area contributed by atoms with Crippen LogP contribution < -0.4 is 0 Å². The van der Waals surface area contributed by atoms with Crippen molar-refractivity contribution in [3.63, 3.8) is 0 Å². The minimum Gasteiger partial charge on any atom is -0.467 e. The van der Waals surface area contributed by atoms with Crippen LogP contribution in [0, 0.1) is 16.2 Å². The van der Waals surface area contributed by atoms with Crippen LogP contribution in [0.5, 0.6) is 0 Å². The van der Waals surface area contributed by atoms with E-state index in [1.165, 1.54) is 18.4 Å². The molecule has 0 aliphatic heterocycles. The Hall–Kier alpha value is -0.500.